The van der Waals surface area contributed by atoms with Gasteiger partial charge in [0.15, 0.2) is 0 Å². The second-order valence-electron chi connectivity index (χ2n) is 5.74. The van der Waals surface area contributed by atoms with Crippen LogP contribution < -0.4 is 14.8 Å². The molecule has 7 heteroatoms. The molecule has 7 nitrogen and oxygen atoms in total. The predicted molar refractivity (Wildman–Crippen MR) is 99.9 cm³/mol. The van der Waals surface area contributed by atoms with E-state index in [0.29, 0.717) is 35.7 Å². The van der Waals surface area contributed by atoms with Crippen molar-refractivity contribution in [3.63, 3.8) is 0 Å². The number of ether oxygens (including phenoxy) is 2. The first kappa shape index (κ1) is 18.2. The topological polar surface area (TPSA) is 82.5 Å². The molecule has 0 aliphatic carbocycles. The van der Waals surface area contributed by atoms with Crippen molar-refractivity contribution in [2.75, 3.05) is 12.4 Å². The zero-order chi connectivity index (χ0) is 19.1. The van der Waals surface area contributed by atoms with Gasteiger partial charge in [-0.2, -0.15) is 0 Å². The molecule has 0 saturated carbocycles. The van der Waals surface area contributed by atoms with Gasteiger partial charge in [-0.05, 0) is 42.5 Å². The number of carbonyl (C=O) groups excluding carboxylic acids is 2. The molecule has 1 amide bonds. The Morgan fingerprint density at radius 3 is 2.59 bits per heavy atom. The summed E-state index contributed by atoms with van der Waals surface area (Å²) in [6.45, 7) is 0.533. The maximum Gasteiger partial charge on any atom is 0.343 e. The maximum absolute atomic E-state index is 12.3. The Morgan fingerprint density at radius 1 is 1.11 bits per heavy atom. The smallest absolute Gasteiger partial charge is 0.343 e. The van der Waals surface area contributed by atoms with Crippen molar-refractivity contribution >= 4 is 17.6 Å². The van der Waals surface area contributed by atoms with E-state index >= 15 is 0 Å². The molecule has 138 valence electrons. The van der Waals surface area contributed by atoms with Gasteiger partial charge in [0.2, 0.25) is 5.91 Å². The number of esters is 1. The van der Waals surface area contributed by atoms with E-state index in [0.717, 1.165) is 0 Å². The predicted octanol–water partition coefficient (Wildman–Crippen LogP) is 3.14. The van der Waals surface area contributed by atoms with Crippen LogP contribution in [-0.2, 0) is 11.3 Å². The molecule has 0 aliphatic heterocycles. The summed E-state index contributed by atoms with van der Waals surface area (Å²) in [6, 6.07) is 13.3. The number of methoxy groups -OCH3 is 1. The molecule has 3 rings (SSSR count). The average Bonchev–Trinajstić information content (AvgIpc) is 3.21. The highest BCUT2D eigenvalue weighted by Crippen LogP contribution is 2.19. The number of anilines is 1. The Hall–Kier alpha value is -3.61. The SMILES string of the molecule is COc1ccc(OC(=O)c2cccc(NC(=O)CCn3ccnc3)c2)cc1. The summed E-state index contributed by atoms with van der Waals surface area (Å²) < 4.78 is 12.2. The molecule has 1 N–H and O–H groups in total. The Bertz CT molecular complexity index is 905. The average molecular weight is 365 g/mol. The Balaban J connectivity index is 1.58. The van der Waals surface area contributed by atoms with E-state index in [4.69, 9.17) is 9.47 Å². The zero-order valence-electron chi connectivity index (χ0n) is 14.8. The highest BCUT2D eigenvalue weighted by molar-refractivity contribution is 5.95. The lowest BCUT2D eigenvalue weighted by Crippen LogP contribution is -2.15. The molecule has 0 saturated heterocycles. The van der Waals surface area contributed by atoms with Crippen LogP contribution in [0.25, 0.3) is 0 Å². The first-order valence-corrected chi connectivity index (χ1v) is 8.36. The number of hydrogen-bond donors (Lipinski definition) is 1. The van der Waals surface area contributed by atoms with Crippen LogP contribution in [0.15, 0.2) is 67.3 Å². The summed E-state index contributed by atoms with van der Waals surface area (Å²) in [4.78, 5) is 28.3. The number of imidazole rings is 1. The molecule has 0 unspecified atom stereocenters. The van der Waals surface area contributed by atoms with Crippen molar-refractivity contribution in [1.82, 2.24) is 9.55 Å². The number of amides is 1. The third kappa shape index (κ3) is 5.18. The van der Waals surface area contributed by atoms with Crippen molar-refractivity contribution in [3.05, 3.63) is 72.8 Å². The van der Waals surface area contributed by atoms with Crippen LogP contribution in [0.4, 0.5) is 5.69 Å². The number of carbonyl (C=O) groups is 2. The lowest BCUT2D eigenvalue weighted by atomic mass is 10.2. The van der Waals surface area contributed by atoms with E-state index in [1.54, 1.807) is 74.4 Å². The van der Waals surface area contributed by atoms with Crippen molar-refractivity contribution in [3.8, 4) is 11.5 Å². The third-order valence-corrected chi connectivity index (χ3v) is 3.81. The minimum absolute atomic E-state index is 0.149. The molecule has 0 bridgehead atoms. The Kier molecular flexibility index (Phi) is 5.84. The number of benzene rings is 2. The normalized spacial score (nSPS) is 10.3. The number of aromatic nitrogens is 2. The summed E-state index contributed by atoms with van der Waals surface area (Å²) >= 11 is 0. The Morgan fingerprint density at radius 2 is 1.89 bits per heavy atom. The lowest BCUT2D eigenvalue weighted by molar-refractivity contribution is -0.116. The first-order valence-electron chi connectivity index (χ1n) is 8.36. The van der Waals surface area contributed by atoms with Crippen LogP contribution in [0.2, 0.25) is 0 Å². The van der Waals surface area contributed by atoms with Gasteiger partial charge in [-0.1, -0.05) is 6.07 Å². The van der Waals surface area contributed by atoms with Crippen molar-refractivity contribution in [2.45, 2.75) is 13.0 Å². The number of nitrogens with zero attached hydrogens (tertiary/aromatic N) is 2. The van der Waals surface area contributed by atoms with Crippen LogP contribution in [0.3, 0.4) is 0 Å². The minimum atomic E-state index is -0.505. The monoisotopic (exact) mass is 365 g/mol. The summed E-state index contributed by atoms with van der Waals surface area (Å²) in [5.41, 5.74) is 0.882. The van der Waals surface area contributed by atoms with E-state index < -0.39 is 5.97 Å². The van der Waals surface area contributed by atoms with Gasteiger partial charge < -0.3 is 19.4 Å². The molecule has 0 radical (unpaired) electrons. The largest absolute Gasteiger partial charge is 0.497 e. The standard InChI is InChI=1S/C20H19N3O4/c1-26-17-5-7-18(8-6-17)27-20(25)15-3-2-4-16(13-15)22-19(24)9-11-23-12-10-21-14-23/h2-8,10,12-14H,9,11H2,1H3,(H,22,24). The van der Waals surface area contributed by atoms with E-state index in [9.17, 15) is 9.59 Å². The molecule has 0 spiro atoms. The number of aryl methyl sites for hydroxylation is 1. The molecule has 1 aromatic heterocycles. The quantitative estimate of drug-likeness (QED) is 0.514. The van der Waals surface area contributed by atoms with Gasteiger partial charge in [0, 0.05) is 31.0 Å². The molecule has 3 aromatic rings. The fourth-order valence-corrected chi connectivity index (χ4v) is 2.41. The van der Waals surface area contributed by atoms with Crippen LogP contribution in [0.5, 0.6) is 11.5 Å². The van der Waals surface area contributed by atoms with Crippen LogP contribution >= 0.6 is 0 Å². The van der Waals surface area contributed by atoms with E-state index in [1.165, 1.54) is 0 Å². The second kappa shape index (κ2) is 8.66. The summed E-state index contributed by atoms with van der Waals surface area (Å²) in [5.74, 6) is 0.435. The van der Waals surface area contributed by atoms with Gasteiger partial charge in [0.1, 0.15) is 11.5 Å². The van der Waals surface area contributed by atoms with Crippen molar-refractivity contribution in [1.29, 1.82) is 0 Å². The molecule has 1 heterocycles. The van der Waals surface area contributed by atoms with E-state index in [1.807, 2.05) is 4.57 Å². The molecular formula is C20H19N3O4. The van der Waals surface area contributed by atoms with Gasteiger partial charge in [-0.3, -0.25) is 4.79 Å². The fourth-order valence-electron chi connectivity index (χ4n) is 2.41. The minimum Gasteiger partial charge on any atom is -0.497 e. The van der Waals surface area contributed by atoms with Gasteiger partial charge in [0.05, 0.1) is 19.0 Å². The van der Waals surface area contributed by atoms with Gasteiger partial charge in [-0.15, -0.1) is 0 Å². The highest BCUT2D eigenvalue weighted by atomic mass is 16.5. The maximum atomic E-state index is 12.3. The number of rotatable bonds is 7. The van der Waals surface area contributed by atoms with Crippen LogP contribution in [-0.4, -0.2) is 28.5 Å². The third-order valence-electron chi connectivity index (χ3n) is 3.81. The molecule has 0 fully saturated rings. The Labute approximate surface area is 156 Å². The van der Waals surface area contributed by atoms with Crippen molar-refractivity contribution in [2.24, 2.45) is 0 Å². The second-order valence-corrected chi connectivity index (χ2v) is 5.74. The van der Waals surface area contributed by atoms with Gasteiger partial charge in [0.25, 0.3) is 0 Å². The van der Waals surface area contributed by atoms with Crippen LogP contribution in [0.1, 0.15) is 16.8 Å². The molecular weight excluding hydrogens is 346 g/mol. The molecule has 0 aliphatic rings. The highest BCUT2D eigenvalue weighted by Gasteiger charge is 2.11. The van der Waals surface area contributed by atoms with Gasteiger partial charge >= 0.3 is 5.97 Å². The van der Waals surface area contributed by atoms with Gasteiger partial charge in [-0.25, -0.2) is 9.78 Å². The molecule has 27 heavy (non-hydrogen) atoms. The van der Waals surface area contributed by atoms with E-state index in [2.05, 4.69) is 10.3 Å². The zero-order valence-corrected chi connectivity index (χ0v) is 14.8. The summed E-state index contributed by atoms with van der Waals surface area (Å²) in [5, 5.41) is 2.78. The number of hydrogen-bond acceptors (Lipinski definition) is 5. The summed E-state index contributed by atoms with van der Waals surface area (Å²) in [6.07, 6.45) is 5.42. The fraction of sp³-hybridized carbons (Fsp3) is 0.150. The lowest BCUT2D eigenvalue weighted by Gasteiger charge is -2.08. The summed E-state index contributed by atoms with van der Waals surface area (Å²) in [7, 11) is 1.57. The molecule has 0 atom stereocenters. The van der Waals surface area contributed by atoms with Crippen molar-refractivity contribution < 1.29 is 19.1 Å². The van der Waals surface area contributed by atoms with Crippen LogP contribution in [0, 0.1) is 0 Å². The first-order chi connectivity index (χ1) is 13.1. The number of nitrogens with one attached hydrogen (secondary N) is 1. The molecule has 2 aromatic carbocycles. The van der Waals surface area contributed by atoms with E-state index in [-0.39, 0.29) is 5.91 Å².